The van der Waals surface area contributed by atoms with Crippen LogP contribution in [0, 0.1) is 0 Å². The molecule has 1 heterocycles. The average molecular weight is 209 g/mol. The van der Waals surface area contributed by atoms with Gasteiger partial charge in [-0.25, -0.2) is 4.79 Å². The molecular weight excluding hydrogens is 190 g/mol. The zero-order valence-corrected chi connectivity index (χ0v) is 9.29. The van der Waals surface area contributed by atoms with E-state index in [0.717, 1.165) is 44.1 Å². The molecule has 1 aliphatic heterocycles. The molecule has 0 aromatic heterocycles. The summed E-state index contributed by atoms with van der Waals surface area (Å²) in [6, 6.07) is 0. The van der Waals surface area contributed by atoms with Crippen molar-refractivity contribution in [2.45, 2.75) is 57.1 Å². The predicted octanol–water partition coefficient (Wildman–Crippen LogP) is 1.91. The van der Waals surface area contributed by atoms with Crippen molar-refractivity contribution >= 4 is 5.97 Å². The Morgan fingerprint density at radius 3 is 3.20 bits per heavy atom. The number of unbranched alkanes of at least 4 members (excludes halogenated alkanes) is 1. The molecule has 1 saturated heterocycles. The van der Waals surface area contributed by atoms with E-state index in [1.165, 1.54) is 0 Å². The van der Waals surface area contributed by atoms with Crippen LogP contribution >= 0.6 is 0 Å². The summed E-state index contributed by atoms with van der Waals surface area (Å²) in [6.07, 6.45) is 7.89. The van der Waals surface area contributed by atoms with Crippen molar-refractivity contribution in [3.8, 4) is 0 Å². The summed E-state index contributed by atoms with van der Waals surface area (Å²) >= 11 is 0. The predicted molar refractivity (Wildman–Crippen MR) is 58.3 cm³/mol. The van der Waals surface area contributed by atoms with Gasteiger partial charge in [0, 0.05) is 0 Å². The van der Waals surface area contributed by atoms with E-state index in [2.05, 4.69) is 6.92 Å². The average Bonchev–Trinajstić information content (AvgIpc) is 2.48. The summed E-state index contributed by atoms with van der Waals surface area (Å²) in [4.78, 5) is 11.6. The van der Waals surface area contributed by atoms with Gasteiger partial charge in [-0.05, 0) is 32.1 Å². The minimum atomic E-state index is -0.482. The minimum absolute atomic E-state index is 0.0866. The molecule has 3 nitrogen and oxygen atoms in total. The number of cyclic esters (lactones) is 1. The van der Waals surface area contributed by atoms with E-state index in [4.69, 9.17) is 10.5 Å². The highest BCUT2D eigenvalue weighted by Gasteiger charge is 2.50. The van der Waals surface area contributed by atoms with E-state index in [9.17, 15) is 4.79 Å². The number of ether oxygens (including phenoxy) is 1. The lowest BCUT2D eigenvalue weighted by Crippen LogP contribution is -2.49. The van der Waals surface area contributed by atoms with E-state index in [0.29, 0.717) is 0 Å². The van der Waals surface area contributed by atoms with E-state index < -0.39 is 5.54 Å². The fraction of sp³-hybridized carbons (Fsp3) is 0.750. The van der Waals surface area contributed by atoms with Crippen LogP contribution in [-0.4, -0.2) is 17.6 Å². The lowest BCUT2D eigenvalue weighted by Gasteiger charge is -2.31. The molecule has 1 fully saturated rings. The fourth-order valence-corrected chi connectivity index (χ4v) is 2.58. The summed E-state index contributed by atoms with van der Waals surface area (Å²) in [5.41, 5.74) is 6.58. The topological polar surface area (TPSA) is 52.3 Å². The molecule has 0 spiro atoms. The molecule has 84 valence electrons. The molecule has 0 aromatic rings. The first-order valence-electron chi connectivity index (χ1n) is 5.89. The maximum absolute atomic E-state index is 11.6. The molecule has 0 amide bonds. The standard InChI is InChI=1S/C12H19NO2/c1-2-3-7-10-12(13)8-5-4-6-9(12)11(14)15-10/h6,10H,2-5,7-8,13H2,1H3/t10-,12-/m0/s1. The van der Waals surface area contributed by atoms with E-state index in [1.54, 1.807) is 0 Å². The van der Waals surface area contributed by atoms with Crippen LogP contribution in [0.2, 0.25) is 0 Å². The van der Waals surface area contributed by atoms with E-state index in [1.807, 2.05) is 6.08 Å². The van der Waals surface area contributed by atoms with Crippen LogP contribution < -0.4 is 5.73 Å². The first-order valence-corrected chi connectivity index (χ1v) is 5.89. The van der Waals surface area contributed by atoms with Crippen molar-refractivity contribution in [1.82, 2.24) is 0 Å². The fourth-order valence-electron chi connectivity index (χ4n) is 2.58. The minimum Gasteiger partial charge on any atom is -0.457 e. The molecule has 0 saturated carbocycles. The molecule has 0 bridgehead atoms. The highest BCUT2D eigenvalue weighted by atomic mass is 16.6. The third-order valence-electron chi connectivity index (χ3n) is 3.51. The molecule has 2 rings (SSSR count). The van der Waals surface area contributed by atoms with Crippen LogP contribution in [0.4, 0.5) is 0 Å². The van der Waals surface area contributed by atoms with Gasteiger partial charge in [0.1, 0.15) is 6.10 Å². The normalized spacial score (nSPS) is 34.7. The zero-order chi connectivity index (χ0) is 10.9. The Bertz CT molecular complexity index is 298. The van der Waals surface area contributed by atoms with Crippen molar-refractivity contribution in [2.24, 2.45) is 5.73 Å². The third kappa shape index (κ3) is 1.69. The highest BCUT2D eigenvalue weighted by Crippen LogP contribution is 2.39. The molecule has 15 heavy (non-hydrogen) atoms. The van der Waals surface area contributed by atoms with Gasteiger partial charge in [0.2, 0.25) is 0 Å². The summed E-state index contributed by atoms with van der Waals surface area (Å²) in [5, 5.41) is 0. The molecule has 1 aliphatic carbocycles. The van der Waals surface area contributed by atoms with Crippen molar-refractivity contribution in [1.29, 1.82) is 0 Å². The summed E-state index contributed by atoms with van der Waals surface area (Å²) in [6.45, 7) is 2.14. The Kier molecular flexibility index (Phi) is 2.83. The zero-order valence-electron chi connectivity index (χ0n) is 9.29. The molecular formula is C12H19NO2. The SMILES string of the molecule is CCCC[C@@H]1OC(=O)C2=CCCC[C@]21N. The van der Waals surface area contributed by atoms with Crippen molar-refractivity contribution in [3.63, 3.8) is 0 Å². The second-order valence-corrected chi connectivity index (χ2v) is 4.59. The lowest BCUT2D eigenvalue weighted by molar-refractivity contribution is -0.139. The van der Waals surface area contributed by atoms with Crippen molar-refractivity contribution < 1.29 is 9.53 Å². The van der Waals surface area contributed by atoms with Gasteiger partial charge in [0.15, 0.2) is 0 Å². The Balaban J connectivity index is 2.18. The number of hydrogen-bond acceptors (Lipinski definition) is 3. The molecule has 2 atom stereocenters. The summed E-state index contributed by atoms with van der Waals surface area (Å²) in [5.74, 6) is -0.182. The molecule has 0 radical (unpaired) electrons. The van der Waals surface area contributed by atoms with Gasteiger partial charge in [-0.15, -0.1) is 0 Å². The number of carbonyl (C=O) groups excluding carboxylic acids is 1. The van der Waals surface area contributed by atoms with Crippen molar-refractivity contribution in [3.05, 3.63) is 11.6 Å². The second-order valence-electron chi connectivity index (χ2n) is 4.59. The van der Waals surface area contributed by atoms with Crippen LogP contribution in [0.1, 0.15) is 45.4 Å². The molecule has 2 N–H and O–H groups in total. The molecule has 2 aliphatic rings. The first kappa shape index (κ1) is 10.7. The van der Waals surface area contributed by atoms with Gasteiger partial charge in [-0.3, -0.25) is 0 Å². The largest absolute Gasteiger partial charge is 0.457 e. The van der Waals surface area contributed by atoms with E-state index >= 15 is 0 Å². The number of rotatable bonds is 3. The smallest absolute Gasteiger partial charge is 0.336 e. The first-order chi connectivity index (χ1) is 7.18. The second kappa shape index (κ2) is 3.97. The lowest BCUT2D eigenvalue weighted by atomic mass is 9.77. The van der Waals surface area contributed by atoms with Crippen LogP contribution in [0.3, 0.4) is 0 Å². The van der Waals surface area contributed by atoms with Crippen molar-refractivity contribution in [2.75, 3.05) is 0 Å². The van der Waals surface area contributed by atoms with Gasteiger partial charge >= 0.3 is 5.97 Å². The number of allylic oxidation sites excluding steroid dienone is 1. The number of carbonyl (C=O) groups is 1. The number of nitrogens with two attached hydrogens (primary N) is 1. The van der Waals surface area contributed by atoms with Crippen LogP contribution in [0.5, 0.6) is 0 Å². The number of esters is 1. The summed E-state index contributed by atoms with van der Waals surface area (Å²) < 4.78 is 5.38. The van der Waals surface area contributed by atoms with Crippen LogP contribution in [-0.2, 0) is 9.53 Å². The maximum atomic E-state index is 11.6. The summed E-state index contributed by atoms with van der Waals surface area (Å²) in [7, 11) is 0. The monoisotopic (exact) mass is 209 g/mol. The Labute approximate surface area is 90.7 Å². The van der Waals surface area contributed by atoms with Gasteiger partial charge in [-0.1, -0.05) is 19.4 Å². The third-order valence-corrected chi connectivity index (χ3v) is 3.51. The molecule has 3 heteroatoms. The molecule has 0 unspecified atom stereocenters. The van der Waals surface area contributed by atoms with Crippen LogP contribution in [0.25, 0.3) is 0 Å². The Morgan fingerprint density at radius 2 is 2.47 bits per heavy atom. The molecule has 0 aromatic carbocycles. The Morgan fingerprint density at radius 1 is 1.67 bits per heavy atom. The van der Waals surface area contributed by atoms with Crippen LogP contribution in [0.15, 0.2) is 11.6 Å². The highest BCUT2D eigenvalue weighted by molar-refractivity contribution is 5.94. The van der Waals surface area contributed by atoms with Gasteiger partial charge in [0.05, 0.1) is 11.1 Å². The Hall–Kier alpha value is -0.830. The maximum Gasteiger partial charge on any atom is 0.336 e. The van der Waals surface area contributed by atoms with E-state index in [-0.39, 0.29) is 12.1 Å². The van der Waals surface area contributed by atoms with Gasteiger partial charge in [-0.2, -0.15) is 0 Å². The van der Waals surface area contributed by atoms with Gasteiger partial charge in [0.25, 0.3) is 0 Å². The van der Waals surface area contributed by atoms with Gasteiger partial charge < -0.3 is 10.5 Å². The number of hydrogen-bond donors (Lipinski definition) is 1. The quantitative estimate of drug-likeness (QED) is 0.722. The number of fused-ring (bicyclic) bond motifs is 1.